The van der Waals surface area contributed by atoms with E-state index in [1.54, 1.807) is 0 Å². The van der Waals surface area contributed by atoms with Gasteiger partial charge in [0.05, 0.1) is 6.54 Å². The Hall–Kier alpha value is -3.35. The van der Waals surface area contributed by atoms with E-state index in [0.717, 1.165) is 42.4 Å². The van der Waals surface area contributed by atoms with Gasteiger partial charge in [-0.15, -0.1) is 0 Å². The Labute approximate surface area is 195 Å². The summed E-state index contributed by atoms with van der Waals surface area (Å²) in [4.78, 5) is 39.6. The number of fused-ring (bicyclic) bond motifs is 1. The van der Waals surface area contributed by atoms with Crippen LogP contribution in [0.3, 0.4) is 0 Å². The Morgan fingerprint density at radius 1 is 1.03 bits per heavy atom. The SMILES string of the molecule is CCCCCC[C@H](NC(=O)[C@@H]1Cc2ccccc2CN1C(=O)OCc1ccccc1)C(N)=O. The molecule has 0 bridgehead atoms. The molecule has 1 aliphatic heterocycles. The molecule has 2 aromatic carbocycles. The van der Waals surface area contributed by atoms with E-state index in [9.17, 15) is 14.4 Å². The van der Waals surface area contributed by atoms with Gasteiger partial charge in [-0.1, -0.05) is 87.2 Å². The van der Waals surface area contributed by atoms with Crippen molar-refractivity contribution in [1.82, 2.24) is 10.2 Å². The third kappa shape index (κ3) is 6.81. The fourth-order valence-corrected chi connectivity index (χ4v) is 4.08. The summed E-state index contributed by atoms with van der Waals surface area (Å²) in [6.45, 7) is 2.49. The predicted molar refractivity (Wildman–Crippen MR) is 126 cm³/mol. The van der Waals surface area contributed by atoms with Crippen molar-refractivity contribution in [1.29, 1.82) is 0 Å². The van der Waals surface area contributed by atoms with Crippen molar-refractivity contribution in [3.8, 4) is 0 Å². The summed E-state index contributed by atoms with van der Waals surface area (Å²) in [6, 6.07) is 15.6. The molecule has 3 rings (SSSR count). The number of carbonyl (C=O) groups excluding carboxylic acids is 3. The fraction of sp³-hybridized carbons (Fsp3) is 0.423. The number of amides is 3. The largest absolute Gasteiger partial charge is 0.445 e. The Kier molecular flexibility index (Phi) is 8.87. The number of nitrogens with zero attached hydrogens (tertiary/aromatic N) is 1. The minimum Gasteiger partial charge on any atom is -0.445 e. The predicted octanol–water partition coefficient (Wildman–Crippen LogP) is 3.69. The average Bonchev–Trinajstić information content (AvgIpc) is 2.84. The van der Waals surface area contributed by atoms with E-state index in [-0.39, 0.29) is 19.1 Å². The lowest BCUT2D eigenvalue weighted by Gasteiger charge is -2.35. The van der Waals surface area contributed by atoms with Crippen molar-refractivity contribution in [2.24, 2.45) is 5.73 Å². The van der Waals surface area contributed by atoms with Gasteiger partial charge in [-0.3, -0.25) is 14.5 Å². The monoisotopic (exact) mass is 451 g/mol. The molecular weight excluding hydrogens is 418 g/mol. The number of carbonyl (C=O) groups is 3. The van der Waals surface area contributed by atoms with Crippen molar-refractivity contribution in [2.75, 3.05) is 0 Å². The third-order valence-corrected chi connectivity index (χ3v) is 6.00. The minimum atomic E-state index is -0.777. The molecule has 2 atom stereocenters. The maximum Gasteiger partial charge on any atom is 0.411 e. The van der Waals surface area contributed by atoms with Crippen molar-refractivity contribution in [3.63, 3.8) is 0 Å². The van der Waals surface area contributed by atoms with Crippen molar-refractivity contribution in [2.45, 2.75) is 70.7 Å². The molecule has 33 heavy (non-hydrogen) atoms. The number of rotatable bonds is 10. The maximum absolute atomic E-state index is 13.2. The van der Waals surface area contributed by atoms with Crippen LogP contribution < -0.4 is 11.1 Å². The standard InChI is InChI=1S/C26H33N3O4/c1-2-3-4-8-15-22(24(27)30)28-25(31)23-16-20-13-9-10-14-21(20)17-29(23)26(32)33-18-19-11-6-5-7-12-19/h5-7,9-14,22-23H,2-4,8,15-18H2,1H3,(H2,27,30)(H,28,31)/t22-,23-/m0/s1. The summed E-state index contributed by atoms with van der Waals surface area (Å²) < 4.78 is 5.52. The van der Waals surface area contributed by atoms with Gasteiger partial charge in [0.1, 0.15) is 18.7 Å². The molecule has 3 amide bonds. The molecule has 3 N–H and O–H groups in total. The zero-order valence-electron chi connectivity index (χ0n) is 19.2. The number of nitrogens with one attached hydrogen (secondary N) is 1. The van der Waals surface area contributed by atoms with Gasteiger partial charge < -0.3 is 15.8 Å². The number of nitrogens with two attached hydrogens (primary N) is 1. The molecule has 1 heterocycles. The number of hydrogen-bond donors (Lipinski definition) is 2. The zero-order valence-corrected chi connectivity index (χ0v) is 19.2. The summed E-state index contributed by atoms with van der Waals surface area (Å²) in [5.41, 5.74) is 8.40. The highest BCUT2D eigenvalue weighted by atomic mass is 16.6. The van der Waals surface area contributed by atoms with Gasteiger partial charge in [-0.2, -0.15) is 0 Å². The number of unbranched alkanes of at least 4 members (excludes halogenated alkanes) is 3. The van der Waals surface area contributed by atoms with Crippen molar-refractivity contribution >= 4 is 17.9 Å². The van der Waals surface area contributed by atoms with Crippen LogP contribution in [0.4, 0.5) is 4.79 Å². The Bertz CT molecular complexity index is 948. The summed E-state index contributed by atoms with van der Waals surface area (Å²) in [5, 5.41) is 2.79. The van der Waals surface area contributed by atoms with E-state index in [4.69, 9.17) is 10.5 Å². The van der Waals surface area contributed by atoms with Crippen LogP contribution in [0.25, 0.3) is 0 Å². The van der Waals surface area contributed by atoms with E-state index >= 15 is 0 Å². The van der Waals surface area contributed by atoms with E-state index in [1.165, 1.54) is 4.90 Å². The molecule has 0 spiro atoms. The normalized spacial score (nSPS) is 15.9. The molecule has 176 valence electrons. The van der Waals surface area contributed by atoms with Gasteiger partial charge in [0.2, 0.25) is 11.8 Å². The van der Waals surface area contributed by atoms with E-state index in [1.807, 2.05) is 54.6 Å². The van der Waals surface area contributed by atoms with Gasteiger partial charge in [-0.05, 0) is 23.1 Å². The topological polar surface area (TPSA) is 102 Å². The van der Waals surface area contributed by atoms with Crippen LogP contribution in [0, 0.1) is 0 Å². The Morgan fingerprint density at radius 2 is 1.73 bits per heavy atom. The molecule has 0 saturated heterocycles. The summed E-state index contributed by atoms with van der Waals surface area (Å²) in [7, 11) is 0. The lowest BCUT2D eigenvalue weighted by molar-refractivity contribution is -0.131. The molecular formula is C26H33N3O4. The molecule has 0 aromatic heterocycles. The van der Waals surface area contributed by atoms with Gasteiger partial charge in [0, 0.05) is 6.42 Å². The van der Waals surface area contributed by atoms with E-state index < -0.39 is 24.1 Å². The Balaban J connectivity index is 1.71. The highest BCUT2D eigenvalue weighted by molar-refractivity contribution is 5.91. The van der Waals surface area contributed by atoms with Crippen LogP contribution in [-0.2, 0) is 33.9 Å². The maximum atomic E-state index is 13.2. The second kappa shape index (κ2) is 12.0. The first kappa shape index (κ1) is 24.3. The van der Waals surface area contributed by atoms with Crippen LogP contribution in [0.2, 0.25) is 0 Å². The van der Waals surface area contributed by atoms with Crippen LogP contribution in [0.5, 0.6) is 0 Å². The molecule has 0 fully saturated rings. The summed E-state index contributed by atoms with van der Waals surface area (Å²) in [6.07, 6.45) is 4.21. The minimum absolute atomic E-state index is 0.119. The summed E-state index contributed by atoms with van der Waals surface area (Å²) >= 11 is 0. The first-order chi connectivity index (χ1) is 16.0. The molecule has 0 radical (unpaired) electrons. The lowest BCUT2D eigenvalue weighted by atomic mass is 9.93. The second-order valence-electron chi connectivity index (χ2n) is 8.47. The van der Waals surface area contributed by atoms with Crippen LogP contribution in [0.15, 0.2) is 54.6 Å². The van der Waals surface area contributed by atoms with Crippen LogP contribution in [-0.4, -0.2) is 34.9 Å². The van der Waals surface area contributed by atoms with E-state index in [0.29, 0.717) is 12.8 Å². The molecule has 2 aromatic rings. The molecule has 7 heteroatoms. The molecule has 7 nitrogen and oxygen atoms in total. The molecule has 0 aliphatic carbocycles. The van der Waals surface area contributed by atoms with E-state index in [2.05, 4.69) is 12.2 Å². The quantitative estimate of drug-likeness (QED) is 0.538. The Morgan fingerprint density at radius 3 is 2.42 bits per heavy atom. The second-order valence-corrected chi connectivity index (χ2v) is 8.47. The first-order valence-corrected chi connectivity index (χ1v) is 11.6. The third-order valence-electron chi connectivity index (χ3n) is 6.00. The number of primary amides is 1. The fourth-order valence-electron chi connectivity index (χ4n) is 4.08. The van der Waals surface area contributed by atoms with Gasteiger partial charge >= 0.3 is 6.09 Å². The highest BCUT2D eigenvalue weighted by Crippen LogP contribution is 2.25. The lowest BCUT2D eigenvalue weighted by Crippen LogP contribution is -2.56. The van der Waals surface area contributed by atoms with Gasteiger partial charge in [-0.25, -0.2) is 4.79 Å². The number of benzene rings is 2. The zero-order chi connectivity index (χ0) is 23.6. The van der Waals surface area contributed by atoms with Crippen molar-refractivity contribution < 1.29 is 19.1 Å². The first-order valence-electron chi connectivity index (χ1n) is 11.6. The molecule has 1 aliphatic rings. The van der Waals surface area contributed by atoms with Crippen LogP contribution >= 0.6 is 0 Å². The van der Waals surface area contributed by atoms with Gasteiger partial charge in [0.15, 0.2) is 0 Å². The smallest absolute Gasteiger partial charge is 0.411 e. The number of ether oxygens (including phenoxy) is 1. The number of hydrogen-bond acceptors (Lipinski definition) is 4. The highest BCUT2D eigenvalue weighted by Gasteiger charge is 2.36. The average molecular weight is 452 g/mol. The summed E-state index contributed by atoms with van der Waals surface area (Å²) in [5.74, 6) is -0.949. The van der Waals surface area contributed by atoms with Crippen molar-refractivity contribution in [3.05, 3.63) is 71.3 Å². The van der Waals surface area contributed by atoms with Gasteiger partial charge in [0.25, 0.3) is 0 Å². The van der Waals surface area contributed by atoms with Crippen LogP contribution in [0.1, 0.15) is 55.7 Å². The molecule has 0 unspecified atom stereocenters. The molecule has 0 saturated carbocycles.